The molecule has 1 aliphatic heterocycles. The molecule has 0 aromatic heterocycles. The van der Waals surface area contributed by atoms with Crippen LogP contribution in [0, 0.1) is 5.92 Å². The predicted octanol–water partition coefficient (Wildman–Crippen LogP) is 5.05. The Morgan fingerprint density at radius 1 is 1.27 bits per heavy atom. The van der Waals surface area contributed by atoms with Crippen molar-refractivity contribution in [1.82, 2.24) is 9.80 Å². The Hall–Kier alpha value is -1.35. The molecular weight excluding hydrogens is 435 g/mol. The Morgan fingerprint density at radius 2 is 2.03 bits per heavy atom. The van der Waals surface area contributed by atoms with E-state index in [-0.39, 0.29) is 10.7 Å². The molecule has 0 bridgehead atoms. The molecule has 1 heterocycles. The Kier molecular flexibility index (Phi) is 8.39. The zero-order valence-electron chi connectivity index (χ0n) is 16.8. The zero-order chi connectivity index (χ0) is 21.6. The third kappa shape index (κ3) is 6.83. The summed E-state index contributed by atoms with van der Waals surface area (Å²) in [5, 5.41) is 3.11. The molecule has 1 fully saturated rings. The van der Waals surface area contributed by atoms with Gasteiger partial charge in [-0.15, -0.1) is 0 Å². The minimum atomic E-state index is -4.51. The van der Waals surface area contributed by atoms with Crippen molar-refractivity contribution in [2.24, 2.45) is 5.92 Å². The summed E-state index contributed by atoms with van der Waals surface area (Å²) in [5.41, 5.74) is -0.578. The van der Waals surface area contributed by atoms with E-state index in [0.29, 0.717) is 17.6 Å². The average molecular weight is 462 g/mol. The van der Waals surface area contributed by atoms with E-state index in [2.05, 4.69) is 27.3 Å². The molecule has 30 heavy (non-hydrogen) atoms. The highest BCUT2D eigenvalue weighted by Gasteiger charge is 2.33. The molecular formula is C21H27ClF3N3OS. The second kappa shape index (κ2) is 10.8. The quantitative estimate of drug-likeness (QED) is 0.473. The van der Waals surface area contributed by atoms with Crippen LogP contribution in [0.3, 0.4) is 0 Å². The van der Waals surface area contributed by atoms with Crippen LogP contribution in [0.2, 0.25) is 5.02 Å². The molecule has 1 aromatic carbocycles. The third-order valence-corrected chi connectivity index (χ3v) is 6.15. The van der Waals surface area contributed by atoms with E-state index < -0.39 is 11.7 Å². The van der Waals surface area contributed by atoms with Crippen LogP contribution >= 0.6 is 23.8 Å². The Morgan fingerprint density at radius 3 is 2.70 bits per heavy atom. The van der Waals surface area contributed by atoms with E-state index in [0.717, 1.165) is 64.7 Å². The van der Waals surface area contributed by atoms with Crippen molar-refractivity contribution in [3.05, 3.63) is 40.9 Å². The van der Waals surface area contributed by atoms with Crippen molar-refractivity contribution in [2.75, 3.05) is 51.3 Å². The molecule has 0 unspecified atom stereocenters. The Labute approximate surface area is 186 Å². The number of benzene rings is 1. The van der Waals surface area contributed by atoms with Gasteiger partial charge in [-0.1, -0.05) is 23.8 Å². The number of alkyl halides is 3. The van der Waals surface area contributed by atoms with Gasteiger partial charge in [0.15, 0.2) is 5.11 Å². The van der Waals surface area contributed by atoms with Crippen molar-refractivity contribution in [1.29, 1.82) is 0 Å². The van der Waals surface area contributed by atoms with E-state index >= 15 is 0 Å². The first-order valence-corrected chi connectivity index (χ1v) is 11.0. The molecule has 2 aliphatic rings. The standard InChI is InChI=1S/C21H27ClF3N3OS/c22-19-7-6-17(14-18(19)21(23,24)25)26-20(30)28(15-16-4-2-1-3-5-16)9-8-27-10-12-29-13-11-27/h1-2,6-7,14,16H,3-5,8-13,15H2,(H,26,30)/t16-/m0/s1. The highest BCUT2D eigenvalue weighted by molar-refractivity contribution is 7.80. The molecule has 166 valence electrons. The van der Waals surface area contributed by atoms with Gasteiger partial charge in [0.2, 0.25) is 0 Å². The highest BCUT2D eigenvalue weighted by atomic mass is 35.5. The van der Waals surface area contributed by atoms with Crippen LogP contribution in [-0.4, -0.2) is 60.8 Å². The molecule has 1 saturated heterocycles. The fourth-order valence-corrected chi connectivity index (χ4v) is 4.23. The lowest BCUT2D eigenvalue weighted by molar-refractivity contribution is -0.137. The Balaban J connectivity index is 1.67. The molecule has 1 aliphatic carbocycles. The van der Waals surface area contributed by atoms with Gasteiger partial charge in [0.1, 0.15) is 0 Å². The maximum atomic E-state index is 13.2. The van der Waals surface area contributed by atoms with Gasteiger partial charge in [0.05, 0.1) is 23.8 Å². The summed E-state index contributed by atoms with van der Waals surface area (Å²) in [6, 6.07) is 3.78. The van der Waals surface area contributed by atoms with Gasteiger partial charge >= 0.3 is 6.18 Å². The minimum absolute atomic E-state index is 0.289. The molecule has 9 heteroatoms. The third-order valence-electron chi connectivity index (χ3n) is 5.46. The van der Waals surface area contributed by atoms with Gasteiger partial charge in [0.25, 0.3) is 0 Å². The molecule has 0 amide bonds. The number of allylic oxidation sites excluding steroid dienone is 2. The van der Waals surface area contributed by atoms with Crippen molar-refractivity contribution < 1.29 is 17.9 Å². The van der Waals surface area contributed by atoms with Crippen molar-refractivity contribution in [2.45, 2.75) is 25.4 Å². The van der Waals surface area contributed by atoms with Crippen LogP contribution < -0.4 is 5.32 Å². The van der Waals surface area contributed by atoms with Crippen molar-refractivity contribution >= 4 is 34.6 Å². The SMILES string of the molecule is FC(F)(F)c1cc(NC(=S)N(CCN2CCOCC2)C[C@H]2CC=CCC2)ccc1Cl. The van der Waals surface area contributed by atoms with Crippen molar-refractivity contribution in [3.8, 4) is 0 Å². The number of anilines is 1. The fourth-order valence-electron chi connectivity index (χ4n) is 3.72. The molecule has 4 nitrogen and oxygen atoms in total. The number of hydrogen-bond donors (Lipinski definition) is 1. The normalized spacial score (nSPS) is 20.2. The van der Waals surface area contributed by atoms with E-state index in [1.54, 1.807) is 0 Å². The van der Waals surface area contributed by atoms with Gasteiger partial charge in [0, 0.05) is 38.4 Å². The van der Waals surface area contributed by atoms with E-state index in [1.165, 1.54) is 12.1 Å². The second-order valence-corrected chi connectivity index (χ2v) is 8.47. The zero-order valence-corrected chi connectivity index (χ0v) is 18.3. The first-order valence-electron chi connectivity index (χ1n) is 10.2. The smallest absolute Gasteiger partial charge is 0.379 e. The first kappa shape index (κ1) is 23.3. The van der Waals surface area contributed by atoms with Gasteiger partial charge in [-0.05, 0) is 55.6 Å². The van der Waals surface area contributed by atoms with Crippen LogP contribution in [0.15, 0.2) is 30.4 Å². The molecule has 0 saturated carbocycles. The fraction of sp³-hybridized carbons (Fsp3) is 0.571. The summed E-state index contributed by atoms with van der Waals surface area (Å²) in [6.45, 7) is 5.54. The molecule has 0 radical (unpaired) electrons. The highest BCUT2D eigenvalue weighted by Crippen LogP contribution is 2.36. The van der Waals surface area contributed by atoms with E-state index in [1.807, 2.05) is 0 Å². The van der Waals surface area contributed by atoms with Crippen LogP contribution in [0.25, 0.3) is 0 Å². The number of halogens is 4. The second-order valence-electron chi connectivity index (χ2n) is 7.67. The molecule has 3 rings (SSSR count). The monoisotopic (exact) mass is 461 g/mol. The number of rotatable bonds is 6. The average Bonchev–Trinajstić information content (AvgIpc) is 2.73. The van der Waals surface area contributed by atoms with Crippen molar-refractivity contribution in [3.63, 3.8) is 0 Å². The Bertz CT molecular complexity index is 754. The molecule has 0 spiro atoms. The molecule has 1 atom stereocenters. The van der Waals surface area contributed by atoms with E-state index in [9.17, 15) is 13.2 Å². The van der Waals surface area contributed by atoms with Gasteiger partial charge < -0.3 is 15.0 Å². The topological polar surface area (TPSA) is 27.7 Å². The number of nitrogens with zero attached hydrogens (tertiary/aromatic N) is 2. The van der Waals surface area contributed by atoms with E-state index in [4.69, 9.17) is 28.6 Å². The largest absolute Gasteiger partial charge is 0.417 e. The summed E-state index contributed by atoms with van der Waals surface area (Å²) in [5.74, 6) is 0.482. The summed E-state index contributed by atoms with van der Waals surface area (Å²) >= 11 is 11.3. The maximum absolute atomic E-state index is 13.2. The van der Waals surface area contributed by atoms with Crippen LogP contribution in [0.1, 0.15) is 24.8 Å². The van der Waals surface area contributed by atoms with Gasteiger partial charge in [-0.3, -0.25) is 4.90 Å². The summed E-state index contributed by atoms with van der Waals surface area (Å²) < 4.78 is 44.9. The van der Waals surface area contributed by atoms with Crippen LogP contribution in [0.5, 0.6) is 0 Å². The first-order chi connectivity index (χ1) is 14.3. The number of morpholine rings is 1. The molecule has 1 aromatic rings. The van der Waals surface area contributed by atoms with Crippen LogP contribution in [0.4, 0.5) is 18.9 Å². The molecule has 1 N–H and O–H groups in total. The number of nitrogens with one attached hydrogen (secondary N) is 1. The maximum Gasteiger partial charge on any atom is 0.417 e. The van der Waals surface area contributed by atoms with Gasteiger partial charge in [-0.25, -0.2) is 0 Å². The summed E-state index contributed by atoms with van der Waals surface area (Å²) in [4.78, 5) is 4.40. The summed E-state index contributed by atoms with van der Waals surface area (Å²) in [6.07, 6.45) is 3.01. The van der Waals surface area contributed by atoms with Gasteiger partial charge in [-0.2, -0.15) is 13.2 Å². The summed E-state index contributed by atoms with van der Waals surface area (Å²) in [7, 11) is 0. The number of hydrogen-bond acceptors (Lipinski definition) is 3. The lowest BCUT2D eigenvalue weighted by atomic mass is 9.94. The number of thiocarbonyl (C=S) groups is 1. The lowest BCUT2D eigenvalue weighted by Gasteiger charge is -2.34. The lowest BCUT2D eigenvalue weighted by Crippen LogP contribution is -2.45. The minimum Gasteiger partial charge on any atom is -0.379 e. The predicted molar refractivity (Wildman–Crippen MR) is 118 cm³/mol. The van der Waals surface area contributed by atoms with Crippen LogP contribution in [-0.2, 0) is 10.9 Å². The number of ether oxygens (including phenoxy) is 1.